The number of hydrogen-bond acceptors (Lipinski definition) is 7. The van der Waals surface area contributed by atoms with E-state index in [1.807, 2.05) is 12.3 Å². The Morgan fingerprint density at radius 3 is 2.95 bits per heavy atom. The van der Waals surface area contributed by atoms with Crippen molar-refractivity contribution in [2.24, 2.45) is 5.73 Å². The Morgan fingerprint density at radius 1 is 1.42 bits per heavy atom. The number of rotatable bonds is 6. The van der Waals surface area contributed by atoms with Crippen molar-refractivity contribution >= 4 is 33.7 Å². The second-order valence-corrected chi connectivity index (χ2v) is 5.86. The lowest BCUT2D eigenvalue weighted by atomic mass is 10.3. The minimum atomic E-state index is -0.122. The van der Waals surface area contributed by atoms with Crippen LogP contribution in [-0.4, -0.2) is 27.6 Å². The van der Waals surface area contributed by atoms with E-state index in [9.17, 15) is 4.79 Å². The third-order valence-corrected chi connectivity index (χ3v) is 4.26. The highest BCUT2D eigenvalue weighted by Gasteiger charge is 2.10. The monoisotopic (exact) mass is 297 g/mol. The summed E-state index contributed by atoms with van der Waals surface area (Å²) in [5.74, 6) is -0.122. The molecule has 2 aromatic heterocycles. The first-order chi connectivity index (χ1) is 9.21. The molecule has 0 saturated carbocycles. The summed E-state index contributed by atoms with van der Waals surface area (Å²) in [4.78, 5) is 16.2. The van der Waals surface area contributed by atoms with Gasteiger partial charge in [-0.25, -0.2) is 4.98 Å². The van der Waals surface area contributed by atoms with Gasteiger partial charge in [0.05, 0.1) is 17.1 Å². The topological polar surface area (TPSA) is 93.8 Å². The molecule has 102 valence electrons. The van der Waals surface area contributed by atoms with Gasteiger partial charge >= 0.3 is 0 Å². The fraction of sp³-hybridized carbons (Fsp3) is 0.455. The second-order valence-electron chi connectivity index (χ2n) is 3.85. The van der Waals surface area contributed by atoms with Crippen molar-refractivity contribution in [3.8, 4) is 0 Å². The largest absolute Gasteiger partial charge is 0.330 e. The molecule has 2 heterocycles. The summed E-state index contributed by atoms with van der Waals surface area (Å²) in [7, 11) is 0. The van der Waals surface area contributed by atoms with Crippen LogP contribution in [0.1, 0.15) is 22.6 Å². The van der Waals surface area contributed by atoms with Crippen molar-refractivity contribution in [1.82, 2.24) is 15.2 Å². The molecule has 2 aromatic rings. The lowest BCUT2D eigenvalue weighted by Crippen LogP contribution is -2.14. The first-order valence-electron chi connectivity index (χ1n) is 5.96. The fourth-order valence-corrected chi connectivity index (χ4v) is 2.95. The molecule has 0 radical (unpaired) electrons. The quantitative estimate of drug-likeness (QED) is 0.836. The Labute approximate surface area is 119 Å². The minimum Gasteiger partial charge on any atom is -0.330 e. The van der Waals surface area contributed by atoms with Gasteiger partial charge in [0.2, 0.25) is 11.0 Å². The van der Waals surface area contributed by atoms with E-state index < -0.39 is 0 Å². The smallest absolute Gasteiger partial charge is 0.232 e. The predicted octanol–water partition coefficient (Wildman–Crippen LogP) is 1.24. The van der Waals surface area contributed by atoms with Crippen LogP contribution in [0.25, 0.3) is 0 Å². The zero-order chi connectivity index (χ0) is 13.7. The molecule has 0 aromatic carbocycles. The van der Waals surface area contributed by atoms with Gasteiger partial charge in [-0.1, -0.05) is 18.3 Å². The minimum absolute atomic E-state index is 0.122. The lowest BCUT2D eigenvalue weighted by molar-refractivity contribution is -0.115. The number of carbonyl (C=O) groups excluding carboxylic acids is 1. The van der Waals surface area contributed by atoms with E-state index in [2.05, 4.69) is 20.5 Å². The highest BCUT2D eigenvalue weighted by atomic mass is 32.1. The number of thiazole rings is 1. The van der Waals surface area contributed by atoms with E-state index >= 15 is 0 Å². The van der Waals surface area contributed by atoms with Crippen LogP contribution >= 0.6 is 22.7 Å². The summed E-state index contributed by atoms with van der Waals surface area (Å²) in [5.41, 5.74) is 6.23. The third kappa shape index (κ3) is 4.05. The summed E-state index contributed by atoms with van der Waals surface area (Å²) in [6.45, 7) is 2.57. The van der Waals surface area contributed by atoms with Gasteiger partial charge in [0, 0.05) is 11.8 Å². The Bertz CT molecular complexity index is 551. The summed E-state index contributed by atoms with van der Waals surface area (Å²) in [5, 5.41) is 14.9. The van der Waals surface area contributed by atoms with Crippen molar-refractivity contribution in [1.29, 1.82) is 0 Å². The van der Waals surface area contributed by atoms with E-state index in [1.54, 1.807) is 0 Å². The number of nitrogens with two attached hydrogens (primary N) is 1. The van der Waals surface area contributed by atoms with Gasteiger partial charge in [-0.2, -0.15) is 0 Å². The number of amides is 1. The standard InChI is InChI=1S/C11H15N5OS2/c1-2-9-15-16-11(19-9)14-8(17)5-7-6-18-10(13-7)3-4-12/h6H,2-5,12H2,1H3,(H,14,16,17). The zero-order valence-electron chi connectivity index (χ0n) is 10.5. The average molecular weight is 297 g/mol. The highest BCUT2D eigenvalue weighted by molar-refractivity contribution is 7.15. The number of anilines is 1. The van der Waals surface area contributed by atoms with Gasteiger partial charge in [0.1, 0.15) is 5.01 Å². The molecule has 6 nitrogen and oxygen atoms in total. The molecule has 0 aliphatic rings. The number of hydrogen-bond donors (Lipinski definition) is 2. The van der Waals surface area contributed by atoms with Gasteiger partial charge in [-0.3, -0.25) is 4.79 Å². The van der Waals surface area contributed by atoms with Crippen LogP contribution in [0.2, 0.25) is 0 Å². The van der Waals surface area contributed by atoms with Crippen molar-refractivity contribution < 1.29 is 4.79 Å². The summed E-state index contributed by atoms with van der Waals surface area (Å²) < 4.78 is 0. The first kappa shape index (κ1) is 14.0. The van der Waals surface area contributed by atoms with Crippen LogP contribution in [0.5, 0.6) is 0 Å². The van der Waals surface area contributed by atoms with E-state index in [0.717, 1.165) is 28.6 Å². The van der Waals surface area contributed by atoms with Crippen molar-refractivity contribution in [2.75, 3.05) is 11.9 Å². The zero-order valence-corrected chi connectivity index (χ0v) is 12.2. The lowest BCUT2D eigenvalue weighted by Gasteiger charge is -1.98. The van der Waals surface area contributed by atoms with Crippen LogP contribution in [0.15, 0.2) is 5.38 Å². The molecule has 0 fully saturated rings. The molecule has 0 bridgehead atoms. The average Bonchev–Trinajstić information content (AvgIpc) is 2.99. The van der Waals surface area contributed by atoms with Crippen molar-refractivity contribution in [3.63, 3.8) is 0 Å². The molecule has 0 aliphatic carbocycles. The molecule has 19 heavy (non-hydrogen) atoms. The first-order valence-corrected chi connectivity index (χ1v) is 7.66. The van der Waals surface area contributed by atoms with E-state index in [1.165, 1.54) is 22.7 Å². The number of nitrogens with one attached hydrogen (secondary N) is 1. The third-order valence-electron chi connectivity index (χ3n) is 2.31. The normalized spacial score (nSPS) is 10.6. The molecule has 8 heteroatoms. The number of aryl methyl sites for hydroxylation is 1. The Hall–Kier alpha value is -1.38. The van der Waals surface area contributed by atoms with Gasteiger partial charge in [0.15, 0.2) is 0 Å². The van der Waals surface area contributed by atoms with Crippen molar-refractivity contribution in [2.45, 2.75) is 26.2 Å². The van der Waals surface area contributed by atoms with Crippen LogP contribution in [0, 0.1) is 0 Å². The SMILES string of the molecule is CCc1nnc(NC(=O)Cc2csc(CCN)n2)s1. The maximum Gasteiger partial charge on any atom is 0.232 e. The Balaban J connectivity index is 1.89. The fourth-order valence-electron chi connectivity index (χ4n) is 1.44. The van der Waals surface area contributed by atoms with Crippen LogP contribution in [0.3, 0.4) is 0 Å². The second kappa shape index (κ2) is 6.69. The molecule has 0 atom stereocenters. The molecule has 1 amide bonds. The molecule has 0 spiro atoms. The molecule has 0 aliphatic heterocycles. The molecule has 0 saturated heterocycles. The van der Waals surface area contributed by atoms with Gasteiger partial charge < -0.3 is 11.1 Å². The maximum absolute atomic E-state index is 11.8. The van der Waals surface area contributed by atoms with E-state index in [-0.39, 0.29) is 12.3 Å². The summed E-state index contributed by atoms with van der Waals surface area (Å²) in [6.07, 6.45) is 1.83. The predicted molar refractivity (Wildman–Crippen MR) is 76.5 cm³/mol. The number of aromatic nitrogens is 3. The molecule has 2 rings (SSSR count). The van der Waals surface area contributed by atoms with Crippen LogP contribution in [0.4, 0.5) is 5.13 Å². The van der Waals surface area contributed by atoms with Gasteiger partial charge in [-0.05, 0) is 13.0 Å². The molecule has 3 N–H and O–H groups in total. The summed E-state index contributed by atoms with van der Waals surface area (Å²) >= 11 is 2.93. The van der Waals surface area contributed by atoms with E-state index in [0.29, 0.717) is 11.7 Å². The molecular weight excluding hydrogens is 282 g/mol. The van der Waals surface area contributed by atoms with E-state index in [4.69, 9.17) is 5.73 Å². The van der Waals surface area contributed by atoms with Crippen LogP contribution in [-0.2, 0) is 24.1 Å². The van der Waals surface area contributed by atoms with Gasteiger partial charge in [-0.15, -0.1) is 21.5 Å². The molecule has 0 unspecified atom stereocenters. The maximum atomic E-state index is 11.8. The molecular formula is C11H15N5OS2. The summed E-state index contributed by atoms with van der Waals surface area (Å²) in [6, 6.07) is 0. The van der Waals surface area contributed by atoms with Crippen molar-refractivity contribution in [3.05, 3.63) is 21.1 Å². The highest BCUT2D eigenvalue weighted by Crippen LogP contribution is 2.16. The Kier molecular flexibility index (Phi) is 4.94. The van der Waals surface area contributed by atoms with Crippen LogP contribution < -0.4 is 11.1 Å². The number of carbonyl (C=O) groups is 1. The Morgan fingerprint density at radius 2 is 2.26 bits per heavy atom. The van der Waals surface area contributed by atoms with Gasteiger partial charge in [0.25, 0.3) is 0 Å². The number of nitrogens with zero attached hydrogens (tertiary/aromatic N) is 3.